The van der Waals surface area contributed by atoms with Crippen LogP contribution in [0.4, 0.5) is 0 Å². The van der Waals surface area contributed by atoms with Gasteiger partial charge < -0.3 is 9.84 Å². The van der Waals surface area contributed by atoms with Gasteiger partial charge in [0.15, 0.2) is 0 Å². The molecule has 0 saturated carbocycles. The molecule has 0 aliphatic carbocycles. The molecule has 0 aliphatic rings. The van der Waals surface area contributed by atoms with Gasteiger partial charge in [-0.1, -0.05) is 59.9 Å². The highest BCUT2D eigenvalue weighted by atomic mass is 32.1. The monoisotopic (exact) mass is 418 g/mol. The molecule has 1 aromatic heterocycles. The summed E-state index contributed by atoms with van der Waals surface area (Å²) in [5.41, 5.74) is 1.31. The average Bonchev–Trinajstić information content (AvgIpc) is 3.20. The molecule has 3 aromatic carbocycles. The van der Waals surface area contributed by atoms with Crippen molar-refractivity contribution in [1.29, 1.82) is 0 Å². The van der Waals surface area contributed by atoms with Crippen LogP contribution >= 0.6 is 11.3 Å². The second-order valence-electron chi connectivity index (χ2n) is 6.22. The summed E-state index contributed by atoms with van der Waals surface area (Å²) in [7, 11) is 0. The molecule has 0 aliphatic heterocycles. The molecule has 0 unspecified atom stereocenters. The SMILES string of the molecule is CCOC(=O)c1nn(-c2ccccc2)/c(=N/N=C/c2c(O)ccc3ccccc23)s1. The Balaban J connectivity index is 1.78. The average molecular weight is 418 g/mol. The van der Waals surface area contributed by atoms with E-state index < -0.39 is 5.97 Å². The Bertz CT molecular complexity index is 1290. The highest BCUT2D eigenvalue weighted by Crippen LogP contribution is 2.25. The van der Waals surface area contributed by atoms with Gasteiger partial charge in [0.1, 0.15) is 5.75 Å². The number of benzene rings is 3. The number of hydrogen-bond donors (Lipinski definition) is 1. The van der Waals surface area contributed by atoms with Crippen molar-refractivity contribution in [2.24, 2.45) is 10.2 Å². The largest absolute Gasteiger partial charge is 0.507 e. The van der Waals surface area contributed by atoms with Crippen LogP contribution in [0.25, 0.3) is 16.5 Å². The van der Waals surface area contributed by atoms with E-state index in [1.165, 1.54) is 10.9 Å². The van der Waals surface area contributed by atoms with Crippen molar-refractivity contribution in [2.45, 2.75) is 6.92 Å². The van der Waals surface area contributed by atoms with Crippen molar-refractivity contribution in [3.05, 3.63) is 82.1 Å². The first kappa shape index (κ1) is 19.5. The van der Waals surface area contributed by atoms with Crippen molar-refractivity contribution in [1.82, 2.24) is 9.78 Å². The maximum Gasteiger partial charge on any atom is 0.369 e. The summed E-state index contributed by atoms with van der Waals surface area (Å²) in [6.45, 7) is 2.00. The van der Waals surface area contributed by atoms with Crippen LogP contribution in [0.2, 0.25) is 0 Å². The molecular weight excluding hydrogens is 400 g/mol. The fourth-order valence-electron chi connectivity index (χ4n) is 2.91. The van der Waals surface area contributed by atoms with Crippen LogP contribution in [0.1, 0.15) is 22.3 Å². The van der Waals surface area contributed by atoms with Crippen molar-refractivity contribution < 1.29 is 14.6 Å². The van der Waals surface area contributed by atoms with E-state index in [0.29, 0.717) is 10.4 Å². The first-order valence-electron chi connectivity index (χ1n) is 9.28. The van der Waals surface area contributed by atoms with Gasteiger partial charge in [-0.05, 0) is 35.9 Å². The Hall–Kier alpha value is -3.78. The third-order valence-corrected chi connectivity index (χ3v) is 5.17. The fourth-order valence-corrected chi connectivity index (χ4v) is 3.67. The molecule has 0 spiro atoms. The number of carbonyl (C=O) groups is 1. The lowest BCUT2D eigenvalue weighted by Crippen LogP contribution is -2.14. The number of aromatic hydroxyl groups is 1. The minimum Gasteiger partial charge on any atom is -0.507 e. The van der Waals surface area contributed by atoms with Crippen molar-refractivity contribution in [2.75, 3.05) is 6.61 Å². The Morgan fingerprint density at radius 2 is 1.90 bits per heavy atom. The van der Waals surface area contributed by atoms with Crippen molar-refractivity contribution in [3.63, 3.8) is 0 Å². The molecule has 0 bridgehead atoms. The summed E-state index contributed by atoms with van der Waals surface area (Å²) in [5.74, 6) is -0.399. The summed E-state index contributed by atoms with van der Waals surface area (Å²) in [6, 6.07) is 20.5. The normalized spacial score (nSPS) is 12.0. The Labute approximate surface area is 176 Å². The molecule has 0 fully saturated rings. The second-order valence-corrected chi connectivity index (χ2v) is 7.18. The lowest BCUT2D eigenvalue weighted by Gasteiger charge is -2.03. The van der Waals surface area contributed by atoms with E-state index in [2.05, 4.69) is 15.3 Å². The van der Waals surface area contributed by atoms with Crippen LogP contribution in [0.15, 0.2) is 76.9 Å². The molecule has 4 aromatic rings. The number of rotatable bonds is 5. The first-order valence-corrected chi connectivity index (χ1v) is 10.1. The van der Waals surface area contributed by atoms with Gasteiger partial charge in [0, 0.05) is 5.56 Å². The molecule has 0 saturated heterocycles. The van der Waals surface area contributed by atoms with Crippen LogP contribution in [0, 0.1) is 0 Å². The molecule has 0 radical (unpaired) electrons. The summed E-state index contributed by atoms with van der Waals surface area (Å²) >= 11 is 1.08. The van der Waals surface area contributed by atoms with Crippen LogP contribution in [-0.4, -0.2) is 33.7 Å². The first-order chi connectivity index (χ1) is 14.7. The molecule has 0 amide bonds. The van der Waals surface area contributed by atoms with Crippen molar-refractivity contribution >= 4 is 34.3 Å². The van der Waals surface area contributed by atoms with Gasteiger partial charge in [-0.3, -0.25) is 0 Å². The Morgan fingerprint density at radius 3 is 2.70 bits per heavy atom. The van der Waals surface area contributed by atoms with Gasteiger partial charge >= 0.3 is 5.97 Å². The highest BCUT2D eigenvalue weighted by Gasteiger charge is 2.15. The van der Waals surface area contributed by atoms with Gasteiger partial charge in [0.05, 0.1) is 18.5 Å². The van der Waals surface area contributed by atoms with Crippen LogP contribution in [0.5, 0.6) is 5.75 Å². The molecule has 1 heterocycles. The zero-order valence-corrected chi connectivity index (χ0v) is 16.9. The number of phenolic OH excluding ortho intramolecular Hbond substituents is 1. The predicted molar refractivity (Wildman–Crippen MR) is 116 cm³/mol. The molecule has 150 valence electrons. The van der Waals surface area contributed by atoms with Gasteiger partial charge in [-0.2, -0.15) is 5.10 Å². The van der Waals surface area contributed by atoms with E-state index in [1.807, 2.05) is 60.7 Å². The number of fused-ring (bicyclic) bond motifs is 1. The Morgan fingerprint density at radius 1 is 1.13 bits per heavy atom. The maximum atomic E-state index is 12.1. The maximum absolute atomic E-state index is 12.1. The van der Waals surface area contributed by atoms with E-state index in [-0.39, 0.29) is 17.4 Å². The van der Waals surface area contributed by atoms with Gasteiger partial charge in [0.2, 0.25) is 9.81 Å². The molecule has 1 N–H and O–H groups in total. The Kier molecular flexibility index (Phi) is 5.67. The third-order valence-electron chi connectivity index (χ3n) is 4.29. The van der Waals surface area contributed by atoms with Crippen LogP contribution < -0.4 is 4.80 Å². The molecule has 4 rings (SSSR count). The quantitative estimate of drug-likeness (QED) is 0.302. The summed E-state index contributed by atoms with van der Waals surface area (Å²) < 4.78 is 6.59. The van der Waals surface area contributed by atoms with Gasteiger partial charge in [-0.15, -0.1) is 10.2 Å². The smallest absolute Gasteiger partial charge is 0.369 e. The summed E-state index contributed by atoms with van der Waals surface area (Å²) in [4.78, 5) is 12.5. The third kappa shape index (κ3) is 3.99. The fraction of sp³-hybridized carbons (Fsp3) is 0.0909. The highest BCUT2D eigenvalue weighted by molar-refractivity contribution is 7.10. The number of carbonyl (C=O) groups excluding carboxylic acids is 1. The van der Waals surface area contributed by atoms with Gasteiger partial charge in [0.25, 0.3) is 0 Å². The number of aromatic nitrogens is 2. The van der Waals surface area contributed by atoms with Crippen LogP contribution in [0.3, 0.4) is 0 Å². The topological polar surface area (TPSA) is 89.1 Å². The van der Waals surface area contributed by atoms with E-state index in [4.69, 9.17) is 4.74 Å². The van der Waals surface area contributed by atoms with Gasteiger partial charge in [-0.25, -0.2) is 9.48 Å². The number of ether oxygens (including phenoxy) is 1. The predicted octanol–water partition coefficient (Wildman–Crippen LogP) is 3.90. The lowest BCUT2D eigenvalue weighted by atomic mass is 10.0. The molecule has 0 atom stereocenters. The molecule has 30 heavy (non-hydrogen) atoms. The second kappa shape index (κ2) is 8.71. The molecule has 7 nitrogen and oxygen atoms in total. The zero-order chi connectivity index (χ0) is 20.9. The molecular formula is C22H18N4O3S. The molecule has 8 heteroatoms. The minimum atomic E-state index is -0.510. The minimum absolute atomic E-state index is 0.111. The van der Waals surface area contributed by atoms with E-state index >= 15 is 0 Å². The number of esters is 1. The van der Waals surface area contributed by atoms with E-state index in [1.54, 1.807) is 13.0 Å². The summed E-state index contributed by atoms with van der Waals surface area (Å²) in [5, 5.41) is 25.1. The van der Waals surface area contributed by atoms with Crippen molar-refractivity contribution in [3.8, 4) is 11.4 Å². The number of para-hydroxylation sites is 1. The lowest BCUT2D eigenvalue weighted by molar-refractivity contribution is 0.0524. The summed E-state index contributed by atoms with van der Waals surface area (Å²) in [6.07, 6.45) is 1.50. The number of phenols is 1. The van der Waals surface area contributed by atoms with E-state index in [0.717, 1.165) is 27.8 Å². The standard InChI is InChI=1S/C22H18N4O3S/c1-2-29-21(28)20-25-26(16-9-4-3-5-10-16)22(30-20)24-23-14-18-17-11-7-6-8-15(17)12-13-19(18)27/h3-14,27H,2H2,1H3/b23-14+,24-22-. The zero-order valence-electron chi connectivity index (χ0n) is 16.1. The van der Waals surface area contributed by atoms with Crippen LogP contribution in [-0.2, 0) is 4.74 Å². The number of hydrogen-bond acceptors (Lipinski definition) is 7. The number of nitrogens with zero attached hydrogens (tertiary/aromatic N) is 4. The van der Waals surface area contributed by atoms with E-state index in [9.17, 15) is 9.90 Å².